The Morgan fingerprint density at radius 2 is 0.984 bits per heavy atom. The SMILES string of the molecule is c1ccc(-n2c3ccccc3c3c4ccc(-c5ccc6cc7c(cc6c5)c5ccccc5n7-c5cccc(-c6nc7c8c(cccc8n6)-c6ccccc6-7)c5)cc4ccc32)cc1. The molecule has 1 aliphatic rings. The number of hydrogen-bond acceptors (Lipinski definition) is 2. The second-order valence-corrected chi connectivity index (χ2v) is 16.6. The molecule has 0 fully saturated rings. The van der Waals surface area contributed by atoms with E-state index >= 15 is 0 Å². The molecule has 1 aliphatic carbocycles. The van der Waals surface area contributed by atoms with E-state index in [2.05, 4.69) is 215 Å². The summed E-state index contributed by atoms with van der Waals surface area (Å²) in [6, 6.07) is 75.0. The fourth-order valence-corrected chi connectivity index (χ4v) is 10.4. The molecule has 3 aromatic heterocycles. The topological polar surface area (TPSA) is 35.6 Å². The Labute approximate surface area is 356 Å². The maximum absolute atomic E-state index is 5.24. The predicted octanol–water partition coefficient (Wildman–Crippen LogP) is 15.1. The van der Waals surface area contributed by atoms with Crippen LogP contribution in [0.25, 0.3) is 132 Å². The van der Waals surface area contributed by atoms with Gasteiger partial charge in [-0.15, -0.1) is 0 Å². The third-order valence-corrected chi connectivity index (χ3v) is 13.2. The number of benzene rings is 10. The van der Waals surface area contributed by atoms with E-state index in [0.717, 1.165) is 33.7 Å². The van der Waals surface area contributed by atoms with Crippen molar-refractivity contribution in [2.45, 2.75) is 0 Å². The summed E-state index contributed by atoms with van der Waals surface area (Å²) in [4.78, 5) is 10.4. The number of hydrogen-bond donors (Lipinski definition) is 0. The van der Waals surface area contributed by atoms with E-state index in [0.29, 0.717) is 0 Å². The molecule has 0 saturated carbocycles. The molecule has 0 N–H and O–H groups in total. The van der Waals surface area contributed by atoms with Crippen molar-refractivity contribution in [3.05, 3.63) is 206 Å². The lowest BCUT2D eigenvalue weighted by Crippen LogP contribution is -1.97. The van der Waals surface area contributed by atoms with Crippen molar-refractivity contribution in [2.75, 3.05) is 0 Å². The molecule has 4 nitrogen and oxygen atoms in total. The molecule has 0 spiro atoms. The van der Waals surface area contributed by atoms with E-state index in [1.165, 1.54) is 98.7 Å². The van der Waals surface area contributed by atoms with Crippen molar-refractivity contribution in [2.24, 2.45) is 0 Å². The highest BCUT2D eigenvalue weighted by molar-refractivity contribution is 6.22. The number of aromatic nitrogens is 4. The third kappa shape index (κ3) is 4.72. The highest BCUT2D eigenvalue weighted by Gasteiger charge is 2.24. The van der Waals surface area contributed by atoms with Crippen LogP contribution in [0.1, 0.15) is 0 Å². The van der Waals surface area contributed by atoms with Gasteiger partial charge in [0.1, 0.15) is 0 Å². The Bertz CT molecular complexity index is 4040. The van der Waals surface area contributed by atoms with Gasteiger partial charge < -0.3 is 9.13 Å². The first-order chi connectivity index (χ1) is 30.7. The molecule has 286 valence electrons. The molecular weight excluding hydrogens is 753 g/mol. The van der Waals surface area contributed by atoms with Gasteiger partial charge in [0.05, 0.1) is 33.3 Å². The Kier molecular flexibility index (Phi) is 6.80. The first kappa shape index (κ1) is 33.5. The van der Waals surface area contributed by atoms with Crippen LogP contribution in [0, 0.1) is 0 Å². The normalized spacial score (nSPS) is 12.2. The number of fused-ring (bicyclic) bond motifs is 12. The van der Waals surface area contributed by atoms with Crippen LogP contribution in [0.5, 0.6) is 0 Å². The highest BCUT2D eigenvalue weighted by atomic mass is 15.0. The van der Waals surface area contributed by atoms with Gasteiger partial charge in [0, 0.05) is 49.4 Å². The van der Waals surface area contributed by atoms with Crippen molar-refractivity contribution in [3.8, 4) is 56.3 Å². The lowest BCUT2D eigenvalue weighted by atomic mass is 9.96. The highest BCUT2D eigenvalue weighted by Crippen LogP contribution is 2.46. The largest absolute Gasteiger partial charge is 0.309 e. The van der Waals surface area contributed by atoms with Crippen molar-refractivity contribution < 1.29 is 0 Å². The van der Waals surface area contributed by atoms with Crippen LogP contribution in [0.15, 0.2) is 206 Å². The van der Waals surface area contributed by atoms with Crippen molar-refractivity contribution in [1.82, 2.24) is 19.1 Å². The first-order valence-electron chi connectivity index (χ1n) is 21.2. The molecular formula is C58H34N4. The lowest BCUT2D eigenvalue weighted by Gasteiger charge is -2.12. The number of para-hydroxylation sites is 3. The molecule has 0 radical (unpaired) electrons. The zero-order valence-corrected chi connectivity index (χ0v) is 33.4. The van der Waals surface area contributed by atoms with E-state index in [1.807, 2.05) is 0 Å². The summed E-state index contributed by atoms with van der Waals surface area (Å²) in [6.45, 7) is 0. The van der Waals surface area contributed by atoms with Gasteiger partial charge in [-0.2, -0.15) is 0 Å². The molecule has 0 unspecified atom stereocenters. The van der Waals surface area contributed by atoms with Gasteiger partial charge in [-0.05, 0) is 117 Å². The summed E-state index contributed by atoms with van der Waals surface area (Å²) in [5, 5.41) is 11.1. The fraction of sp³-hybridized carbons (Fsp3) is 0. The van der Waals surface area contributed by atoms with Gasteiger partial charge in [-0.1, -0.05) is 133 Å². The zero-order valence-electron chi connectivity index (χ0n) is 33.4. The molecule has 13 aromatic rings. The van der Waals surface area contributed by atoms with E-state index < -0.39 is 0 Å². The summed E-state index contributed by atoms with van der Waals surface area (Å²) in [5.74, 6) is 0.735. The summed E-state index contributed by atoms with van der Waals surface area (Å²) >= 11 is 0. The maximum atomic E-state index is 5.24. The van der Waals surface area contributed by atoms with Gasteiger partial charge in [0.15, 0.2) is 5.82 Å². The minimum Gasteiger partial charge on any atom is -0.309 e. The molecule has 0 bridgehead atoms. The van der Waals surface area contributed by atoms with Gasteiger partial charge in [-0.3, -0.25) is 0 Å². The summed E-state index contributed by atoms with van der Waals surface area (Å²) in [7, 11) is 0. The van der Waals surface area contributed by atoms with E-state index in [1.54, 1.807) is 0 Å². The molecule has 3 heterocycles. The molecule has 4 heteroatoms. The zero-order chi connectivity index (χ0) is 40.5. The Morgan fingerprint density at radius 3 is 1.87 bits per heavy atom. The lowest BCUT2D eigenvalue weighted by molar-refractivity contribution is 1.17. The monoisotopic (exact) mass is 786 g/mol. The average Bonchev–Trinajstić information content (AvgIpc) is 3.97. The fourth-order valence-electron chi connectivity index (χ4n) is 10.4. The average molecular weight is 787 g/mol. The second kappa shape index (κ2) is 12.6. The number of nitrogens with zero attached hydrogens (tertiary/aromatic N) is 4. The smallest absolute Gasteiger partial charge is 0.160 e. The molecule has 0 aliphatic heterocycles. The van der Waals surface area contributed by atoms with Gasteiger partial charge in [-0.25, -0.2) is 9.97 Å². The Hall–Kier alpha value is -8.34. The standard InChI is InChI=1S/C58H34N4/c1-2-13-41(14-3-1)61-52-23-9-7-19-48(52)55-43-28-26-36(30-38(43)27-29-53(55)61)35-24-25-37-34-54-49(33-40(37)31-35)45-17-6-8-22-51(45)62(54)42-15-10-12-39(32-42)58-59-50-21-11-20-46-44-16-4-5-18-47(44)57(60-58)56(46)50/h1-34H. The number of rotatable bonds is 4. The molecule has 62 heavy (non-hydrogen) atoms. The van der Waals surface area contributed by atoms with Crippen LogP contribution in [-0.2, 0) is 0 Å². The quantitative estimate of drug-likeness (QED) is 0.178. The van der Waals surface area contributed by atoms with E-state index in [4.69, 9.17) is 9.97 Å². The minimum atomic E-state index is 0.735. The second-order valence-electron chi connectivity index (χ2n) is 16.6. The van der Waals surface area contributed by atoms with E-state index in [9.17, 15) is 0 Å². The minimum absolute atomic E-state index is 0.735. The van der Waals surface area contributed by atoms with Crippen molar-refractivity contribution in [1.29, 1.82) is 0 Å². The molecule has 0 saturated heterocycles. The van der Waals surface area contributed by atoms with Crippen LogP contribution in [0.3, 0.4) is 0 Å². The molecule has 10 aromatic carbocycles. The molecule has 0 atom stereocenters. The molecule has 0 amide bonds. The van der Waals surface area contributed by atoms with Gasteiger partial charge in [0.2, 0.25) is 0 Å². The van der Waals surface area contributed by atoms with Crippen LogP contribution in [0.4, 0.5) is 0 Å². The molecule has 14 rings (SSSR count). The summed E-state index contributed by atoms with van der Waals surface area (Å²) < 4.78 is 4.78. The van der Waals surface area contributed by atoms with Gasteiger partial charge in [0.25, 0.3) is 0 Å². The summed E-state index contributed by atoms with van der Waals surface area (Å²) in [6.07, 6.45) is 0. The van der Waals surface area contributed by atoms with Crippen LogP contribution in [0.2, 0.25) is 0 Å². The van der Waals surface area contributed by atoms with Crippen LogP contribution in [-0.4, -0.2) is 19.1 Å². The third-order valence-electron chi connectivity index (χ3n) is 13.2. The Morgan fingerprint density at radius 1 is 0.306 bits per heavy atom. The predicted molar refractivity (Wildman–Crippen MR) is 259 cm³/mol. The first-order valence-corrected chi connectivity index (χ1v) is 21.2. The summed E-state index contributed by atoms with van der Waals surface area (Å²) in [5.41, 5.74) is 16.0. The van der Waals surface area contributed by atoms with Crippen molar-refractivity contribution in [3.63, 3.8) is 0 Å². The van der Waals surface area contributed by atoms with Crippen LogP contribution < -0.4 is 0 Å². The van der Waals surface area contributed by atoms with Gasteiger partial charge >= 0.3 is 0 Å². The van der Waals surface area contributed by atoms with Crippen LogP contribution >= 0.6 is 0 Å². The maximum Gasteiger partial charge on any atom is 0.160 e. The Balaban J connectivity index is 0.887. The van der Waals surface area contributed by atoms with Crippen molar-refractivity contribution >= 4 is 76.1 Å². The van der Waals surface area contributed by atoms with E-state index in [-0.39, 0.29) is 0 Å².